The number of nitrogens with zero attached hydrogens (tertiary/aromatic N) is 5. The maximum atomic E-state index is 15.9. The summed E-state index contributed by atoms with van der Waals surface area (Å²) in [6.45, 7) is 22.0. The third-order valence-electron chi connectivity index (χ3n) is 14.8. The van der Waals surface area contributed by atoms with Crippen molar-refractivity contribution in [1.82, 2.24) is 40.4 Å². The van der Waals surface area contributed by atoms with Gasteiger partial charge in [0.2, 0.25) is 11.8 Å². The quantitative estimate of drug-likeness (QED) is 0.147. The molecule has 4 amide bonds. The van der Waals surface area contributed by atoms with Crippen molar-refractivity contribution in [3.63, 3.8) is 0 Å². The Labute approximate surface area is 376 Å². The largest absolute Gasteiger partial charge is 0.453 e. The second-order valence-corrected chi connectivity index (χ2v) is 20.5. The summed E-state index contributed by atoms with van der Waals surface area (Å²) < 4.78 is 41.7. The first kappa shape index (κ1) is 48.2. The number of alkyl carbamates (subject to hydrolysis) is 2. The van der Waals surface area contributed by atoms with E-state index in [2.05, 4.69) is 74.1 Å². The van der Waals surface area contributed by atoms with Gasteiger partial charge >= 0.3 is 12.2 Å². The molecule has 64 heavy (non-hydrogen) atoms. The number of hydrogen-bond acceptors (Lipinski definition) is 9. The number of carbonyl (C=O) groups is 4. The molecular formula is C47H69F2N9O6. The van der Waals surface area contributed by atoms with Gasteiger partial charge in [0, 0.05) is 55.0 Å². The zero-order chi connectivity index (χ0) is 47.1. The summed E-state index contributed by atoms with van der Waals surface area (Å²) in [5, 5.41) is 5.64. The van der Waals surface area contributed by atoms with Gasteiger partial charge in [0.25, 0.3) is 0 Å². The van der Waals surface area contributed by atoms with Crippen molar-refractivity contribution in [2.75, 3.05) is 45.3 Å². The second kappa shape index (κ2) is 18.3. The normalized spacial score (nSPS) is 20.3. The summed E-state index contributed by atoms with van der Waals surface area (Å²) in [6, 6.07) is 1.11. The number of piperidine rings is 1. The molecule has 15 nitrogen and oxygen atoms in total. The molecule has 0 saturated carbocycles. The fourth-order valence-corrected chi connectivity index (χ4v) is 10.9. The monoisotopic (exact) mass is 894 g/mol. The van der Waals surface area contributed by atoms with Crippen molar-refractivity contribution in [1.29, 1.82) is 0 Å². The van der Waals surface area contributed by atoms with Crippen LogP contribution >= 0.6 is 0 Å². The molecule has 3 saturated heterocycles. The Morgan fingerprint density at radius 3 is 1.83 bits per heavy atom. The van der Waals surface area contributed by atoms with Gasteiger partial charge in [0.1, 0.15) is 40.6 Å². The standard InChI is InChI=1S/C47H69F2N9O6/c1-27(2)36(54-42(61)63-11)40(59)57-19-13-15-34(57)38-51-26-33(53-38)29-23-30(48)37(31(49)24-29)56-21-17-28(18-22-56)32-25-50-39(52-32)35-16-14-20-58(35)41(60)46(9,55-43(62)64-12)47(10,44(3,4)5)45(6,7)8/h23-28,34-36H,13-22H2,1-12H3,(H,50,52)(H,51,53)(H,54,61)(H,55,62). The van der Waals surface area contributed by atoms with Crippen LogP contribution in [0.15, 0.2) is 24.5 Å². The van der Waals surface area contributed by atoms with E-state index in [1.54, 1.807) is 9.80 Å². The summed E-state index contributed by atoms with van der Waals surface area (Å²) in [6.07, 6.45) is 6.08. The van der Waals surface area contributed by atoms with Crippen molar-refractivity contribution in [2.24, 2.45) is 22.2 Å². The maximum absolute atomic E-state index is 15.9. The number of amides is 4. The number of rotatable bonds is 11. The summed E-state index contributed by atoms with van der Waals surface area (Å²) in [4.78, 5) is 74.8. The smallest absolute Gasteiger partial charge is 0.407 e. The summed E-state index contributed by atoms with van der Waals surface area (Å²) in [5.41, 5.74) is -1.36. The number of methoxy groups -OCH3 is 2. The van der Waals surface area contributed by atoms with E-state index in [4.69, 9.17) is 14.5 Å². The molecule has 4 atom stereocenters. The van der Waals surface area contributed by atoms with Crippen LogP contribution in [0.2, 0.25) is 0 Å². The van der Waals surface area contributed by atoms with Gasteiger partial charge in [-0.05, 0) is 74.3 Å². The molecule has 3 aliphatic heterocycles. The lowest BCUT2D eigenvalue weighted by atomic mass is 9.47. The van der Waals surface area contributed by atoms with Crippen molar-refractivity contribution in [3.05, 3.63) is 53.5 Å². The number of ether oxygens (including phenoxy) is 2. The number of aromatic amines is 2. The number of nitrogens with one attached hydrogen (secondary N) is 4. The lowest BCUT2D eigenvalue weighted by Gasteiger charge is -2.60. The number of hydrogen-bond donors (Lipinski definition) is 4. The first-order valence-corrected chi connectivity index (χ1v) is 22.6. The zero-order valence-corrected chi connectivity index (χ0v) is 39.7. The zero-order valence-electron chi connectivity index (χ0n) is 39.7. The molecule has 1 aromatic carbocycles. The van der Waals surface area contributed by atoms with E-state index in [-0.39, 0.29) is 35.4 Å². The molecular weight excluding hydrogens is 825 g/mol. The fourth-order valence-electron chi connectivity index (χ4n) is 10.9. The van der Waals surface area contributed by atoms with Crippen LogP contribution in [0.5, 0.6) is 0 Å². The number of carbonyl (C=O) groups excluding carboxylic acids is 4. The number of imidazole rings is 2. The third-order valence-corrected chi connectivity index (χ3v) is 14.8. The molecule has 4 unspecified atom stereocenters. The van der Waals surface area contributed by atoms with Crippen LogP contribution in [0, 0.1) is 33.8 Å². The fraction of sp³-hybridized carbons (Fsp3) is 0.660. The van der Waals surface area contributed by atoms with E-state index >= 15 is 8.78 Å². The van der Waals surface area contributed by atoms with E-state index in [0.29, 0.717) is 74.8 Å². The summed E-state index contributed by atoms with van der Waals surface area (Å²) in [7, 11) is 2.55. The van der Waals surface area contributed by atoms with Gasteiger partial charge in [-0.25, -0.2) is 28.3 Å². The molecule has 3 aromatic rings. The summed E-state index contributed by atoms with van der Waals surface area (Å²) in [5.74, 6) is -0.771. The second-order valence-electron chi connectivity index (χ2n) is 20.5. The van der Waals surface area contributed by atoms with Crippen molar-refractivity contribution < 1.29 is 37.4 Å². The Balaban J connectivity index is 1.14. The first-order chi connectivity index (χ1) is 30.0. The van der Waals surface area contributed by atoms with Crippen molar-refractivity contribution in [3.8, 4) is 11.3 Å². The van der Waals surface area contributed by atoms with Crippen LogP contribution in [0.3, 0.4) is 0 Å². The Morgan fingerprint density at radius 2 is 1.28 bits per heavy atom. The van der Waals surface area contributed by atoms with Gasteiger partial charge in [-0.15, -0.1) is 0 Å². The molecule has 17 heteroatoms. The van der Waals surface area contributed by atoms with E-state index in [9.17, 15) is 19.2 Å². The summed E-state index contributed by atoms with van der Waals surface area (Å²) >= 11 is 0. The van der Waals surface area contributed by atoms with E-state index in [1.165, 1.54) is 32.5 Å². The van der Waals surface area contributed by atoms with E-state index in [0.717, 1.165) is 18.5 Å². The molecule has 352 valence electrons. The lowest BCUT2D eigenvalue weighted by molar-refractivity contribution is -0.160. The van der Waals surface area contributed by atoms with Crippen LogP contribution in [0.4, 0.5) is 24.1 Å². The van der Waals surface area contributed by atoms with Crippen LogP contribution in [0.1, 0.15) is 143 Å². The van der Waals surface area contributed by atoms with Crippen LogP contribution in [-0.4, -0.2) is 106 Å². The predicted molar refractivity (Wildman–Crippen MR) is 239 cm³/mol. The highest BCUT2D eigenvalue weighted by molar-refractivity contribution is 5.91. The predicted octanol–water partition coefficient (Wildman–Crippen LogP) is 8.38. The average molecular weight is 894 g/mol. The van der Waals surface area contributed by atoms with Gasteiger partial charge in [-0.1, -0.05) is 62.3 Å². The molecule has 0 spiro atoms. The minimum absolute atomic E-state index is 0.0577. The van der Waals surface area contributed by atoms with Gasteiger partial charge in [-0.3, -0.25) is 9.59 Å². The highest BCUT2D eigenvalue weighted by atomic mass is 19.1. The number of H-pyrrole nitrogens is 2. The van der Waals surface area contributed by atoms with E-state index in [1.807, 2.05) is 31.9 Å². The van der Waals surface area contributed by atoms with Crippen LogP contribution < -0.4 is 15.5 Å². The Hall–Kier alpha value is -5.22. The first-order valence-electron chi connectivity index (χ1n) is 22.6. The highest BCUT2D eigenvalue weighted by Crippen LogP contribution is 2.58. The van der Waals surface area contributed by atoms with Gasteiger partial charge in [0.15, 0.2) is 0 Å². The van der Waals surface area contributed by atoms with E-state index < -0.39 is 57.7 Å². The van der Waals surface area contributed by atoms with Crippen molar-refractivity contribution in [2.45, 2.75) is 137 Å². The minimum atomic E-state index is -1.34. The number of likely N-dealkylation sites (tertiary alicyclic amines) is 2. The SMILES string of the molecule is COC(=O)NC(C(=O)N1CCCC1c1ncc(-c2cc(F)c(N3CCC(c4cnc(C5CCCN5C(=O)C(C)(NC(=O)OC)C(C)(C(C)(C)C)C(C)(C)C)[nH]4)CC3)c(F)c2)[nH]1)C(C)C. The topological polar surface area (TPSA) is 178 Å². The Morgan fingerprint density at radius 1 is 0.750 bits per heavy atom. The van der Waals surface area contributed by atoms with Gasteiger partial charge in [0.05, 0.1) is 38.2 Å². The molecule has 0 radical (unpaired) electrons. The van der Waals surface area contributed by atoms with Crippen molar-refractivity contribution >= 4 is 29.7 Å². The van der Waals surface area contributed by atoms with Gasteiger partial charge in [-0.2, -0.15) is 0 Å². The third kappa shape index (κ3) is 8.91. The minimum Gasteiger partial charge on any atom is -0.453 e. The molecule has 2 aromatic heterocycles. The number of benzene rings is 1. The Kier molecular flexibility index (Phi) is 13.8. The molecule has 0 bridgehead atoms. The molecule has 6 rings (SSSR count). The molecule has 4 N–H and O–H groups in total. The molecule has 5 heterocycles. The number of halogens is 2. The van der Waals surface area contributed by atoms with Crippen LogP contribution in [0.25, 0.3) is 11.3 Å². The van der Waals surface area contributed by atoms with Gasteiger partial charge < -0.3 is 44.8 Å². The number of anilines is 1. The molecule has 3 fully saturated rings. The van der Waals surface area contributed by atoms with Crippen LogP contribution in [-0.2, 0) is 19.1 Å². The highest BCUT2D eigenvalue weighted by Gasteiger charge is 2.64. The Bertz CT molecular complexity index is 2150. The molecule has 0 aliphatic carbocycles. The number of aromatic nitrogens is 4. The lowest BCUT2D eigenvalue weighted by Crippen LogP contribution is -2.72. The average Bonchev–Trinajstić information content (AvgIpc) is 4.08. The maximum Gasteiger partial charge on any atom is 0.407 e. The molecule has 3 aliphatic rings.